The van der Waals surface area contributed by atoms with Crippen molar-refractivity contribution in [1.82, 2.24) is 0 Å². The number of aliphatic carboxylic acids is 1. The van der Waals surface area contributed by atoms with Crippen molar-refractivity contribution in [3.05, 3.63) is 24.3 Å². The second-order valence-corrected chi connectivity index (χ2v) is 2.90. The smallest absolute Gasteiger partial charge is 0.330 e. The number of hydrogen-bond donors (Lipinski definition) is 1. The molecule has 0 unspecified atom stereocenters. The number of rotatable bonds is 4. The topological polar surface area (TPSA) is 61.1 Å². The van der Waals surface area contributed by atoms with Crippen LogP contribution in [0.5, 0.6) is 0 Å². The molecule has 0 saturated heterocycles. The predicted molar refractivity (Wildman–Crippen MR) is 56.7 cm³/mol. The molecule has 0 aliphatic rings. The zero-order chi connectivity index (χ0) is 11.6. The Labute approximate surface area is 85.4 Å². The number of nitriles is 1. The van der Waals surface area contributed by atoms with Crippen LogP contribution in [-0.2, 0) is 4.79 Å². The minimum atomic E-state index is -0.935. The molecule has 0 spiro atoms. The number of hydrogen-bond acceptors (Lipinski definition) is 2. The van der Waals surface area contributed by atoms with Crippen molar-refractivity contribution in [1.29, 1.82) is 5.26 Å². The van der Waals surface area contributed by atoms with Gasteiger partial charge in [0.15, 0.2) is 0 Å². The largest absolute Gasteiger partial charge is 0.478 e. The van der Waals surface area contributed by atoms with E-state index in [0.717, 1.165) is 19.3 Å². The van der Waals surface area contributed by atoms with Crippen molar-refractivity contribution >= 4 is 5.97 Å². The zero-order valence-corrected chi connectivity index (χ0v) is 8.84. The summed E-state index contributed by atoms with van der Waals surface area (Å²) in [5.74, 6) is -0.935. The monoisotopic (exact) mass is 195 g/mol. The molecule has 0 atom stereocenters. The third-order valence-corrected chi connectivity index (χ3v) is 1.36. The number of allylic oxidation sites excluding steroid dienone is 1. The van der Waals surface area contributed by atoms with E-state index in [4.69, 9.17) is 10.4 Å². The summed E-state index contributed by atoms with van der Waals surface area (Å²) in [7, 11) is 0. The number of carboxylic acids is 1. The molecule has 0 heterocycles. The first-order valence-electron chi connectivity index (χ1n) is 4.42. The van der Waals surface area contributed by atoms with Crippen LogP contribution in [0.1, 0.15) is 33.1 Å². The van der Waals surface area contributed by atoms with Crippen LogP contribution in [-0.4, -0.2) is 11.1 Å². The van der Waals surface area contributed by atoms with Gasteiger partial charge in [-0.25, -0.2) is 4.79 Å². The predicted octanol–water partition coefficient (Wildman–Crippen LogP) is 2.90. The molecule has 0 aliphatic carbocycles. The van der Waals surface area contributed by atoms with E-state index in [0.29, 0.717) is 5.57 Å². The van der Waals surface area contributed by atoms with Gasteiger partial charge in [0.05, 0.1) is 6.07 Å². The van der Waals surface area contributed by atoms with Gasteiger partial charge in [0.25, 0.3) is 0 Å². The lowest BCUT2D eigenvalue weighted by atomic mass is 10.1. The van der Waals surface area contributed by atoms with Gasteiger partial charge in [-0.2, -0.15) is 5.26 Å². The Morgan fingerprint density at radius 1 is 1.50 bits per heavy atom. The van der Waals surface area contributed by atoms with E-state index in [1.165, 1.54) is 6.92 Å². The molecule has 0 radical (unpaired) electrons. The second-order valence-electron chi connectivity index (χ2n) is 2.90. The van der Waals surface area contributed by atoms with Crippen LogP contribution in [0.3, 0.4) is 0 Å². The maximum absolute atomic E-state index is 9.60. The van der Waals surface area contributed by atoms with E-state index in [1.54, 1.807) is 0 Å². The first-order valence-corrected chi connectivity index (χ1v) is 4.42. The average molecular weight is 195 g/mol. The summed E-state index contributed by atoms with van der Waals surface area (Å²) in [6.07, 6.45) is 3.10. The Morgan fingerprint density at radius 2 is 1.93 bits per heavy atom. The lowest BCUT2D eigenvalue weighted by Crippen LogP contribution is -1.92. The van der Waals surface area contributed by atoms with E-state index < -0.39 is 5.97 Å². The Hall–Kier alpha value is -1.56. The highest BCUT2D eigenvalue weighted by Gasteiger charge is 1.90. The van der Waals surface area contributed by atoms with Crippen LogP contribution in [0.2, 0.25) is 0 Å². The van der Waals surface area contributed by atoms with Crippen LogP contribution in [0, 0.1) is 11.3 Å². The van der Waals surface area contributed by atoms with Crippen LogP contribution in [0.25, 0.3) is 0 Å². The number of carbonyl (C=O) groups is 1. The highest BCUT2D eigenvalue weighted by atomic mass is 16.4. The molecule has 0 bridgehead atoms. The van der Waals surface area contributed by atoms with Crippen molar-refractivity contribution in [2.45, 2.75) is 33.1 Å². The van der Waals surface area contributed by atoms with Gasteiger partial charge >= 0.3 is 5.97 Å². The molecule has 1 N–H and O–H groups in total. The fourth-order valence-corrected chi connectivity index (χ4v) is 0.446. The highest BCUT2D eigenvalue weighted by Crippen LogP contribution is 2.01. The van der Waals surface area contributed by atoms with Crippen molar-refractivity contribution in [2.75, 3.05) is 0 Å². The molecule has 0 aromatic heterocycles. The third kappa shape index (κ3) is 13.1. The second kappa shape index (κ2) is 9.53. The zero-order valence-electron chi connectivity index (χ0n) is 8.84. The first-order chi connectivity index (χ1) is 6.45. The van der Waals surface area contributed by atoms with Crippen molar-refractivity contribution in [3.8, 4) is 6.07 Å². The van der Waals surface area contributed by atoms with Gasteiger partial charge in [-0.05, 0) is 19.8 Å². The molecule has 0 saturated carbocycles. The summed E-state index contributed by atoms with van der Waals surface area (Å²) in [6, 6.07) is 2.01. The molecular weight excluding hydrogens is 178 g/mol. The minimum Gasteiger partial charge on any atom is -0.478 e. The third-order valence-electron chi connectivity index (χ3n) is 1.36. The number of nitrogens with zero attached hydrogens (tertiary/aromatic N) is 1. The standard InChI is InChI=1S/C7H11N.C4H6O2/c1-3-4-5-7(2)6-8;1-3(2)4(5)6/h2-5H2,1H3;1H2,2H3,(H,5,6). The normalized spacial score (nSPS) is 7.79. The van der Waals surface area contributed by atoms with Crippen LogP contribution in [0.15, 0.2) is 24.3 Å². The van der Waals surface area contributed by atoms with Gasteiger partial charge in [-0.3, -0.25) is 0 Å². The van der Waals surface area contributed by atoms with E-state index in [2.05, 4.69) is 20.1 Å². The van der Waals surface area contributed by atoms with Gasteiger partial charge in [0, 0.05) is 11.1 Å². The molecule has 3 heteroatoms. The lowest BCUT2D eigenvalue weighted by Gasteiger charge is -1.89. The molecule has 0 amide bonds. The lowest BCUT2D eigenvalue weighted by molar-refractivity contribution is -0.132. The minimum absolute atomic E-state index is 0.176. The number of unbranched alkanes of at least 4 members (excludes halogenated alkanes) is 1. The quantitative estimate of drug-likeness (QED) is 0.554. The van der Waals surface area contributed by atoms with Gasteiger partial charge in [-0.1, -0.05) is 26.5 Å². The van der Waals surface area contributed by atoms with E-state index >= 15 is 0 Å². The molecule has 3 nitrogen and oxygen atoms in total. The fraction of sp³-hybridized carbons (Fsp3) is 0.455. The van der Waals surface area contributed by atoms with Crippen LogP contribution < -0.4 is 0 Å². The molecule has 14 heavy (non-hydrogen) atoms. The molecular formula is C11H17NO2. The molecule has 0 aliphatic heterocycles. The van der Waals surface area contributed by atoms with E-state index in [-0.39, 0.29) is 5.57 Å². The Morgan fingerprint density at radius 3 is 2.14 bits per heavy atom. The van der Waals surface area contributed by atoms with E-state index in [1.807, 2.05) is 6.07 Å². The maximum atomic E-state index is 9.60. The summed E-state index contributed by atoms with van der Waals surface area (Å²) in [5.41, 5.74) is 0.877. The summed E-state index contributed by atoms with van der Waals surface area (Å²) < 4.78 is 0. The van der Waals surface area contributed by atoms with Crippen molar-refractivity contribution in [3.63, 3.8) is 0 Å². The maximum Gasteiger partial charge on any atom is 0.330 e. The first kappa shape index (κ1) is 14.9. The van der Waals surface area contributed by atoms with Gasteiger partial charge in [0.2, 0.25) is 0 Å². The summed E-state index contributed by atoms with van der Waals surface area (Å²) in [6.45, 7) is 10.3. The Balaban J connectivity index is 0. The van der Waals surface area contributed by atoms with Gasteiger partial charge in [0.1, 0.15) is 0 Å². The SMILES string of the molecule is C=C(C#N)CCCC.C=C(C)C(=O)O. The van der Waals surface area contributed by atoms with Crippen LogP contribution >= 0.6 is 0 Å². The summed E-state index contributed by atoms with van der Waals surface area (Å²) in [5, 5.41) is 16.1. The number of carboxylic acid groups (broad SMARTS) is 1. The molecule has 0 rings (SSSR count). The Bertz CT molecular complexity index is 237. The van der Waals surface area contributed by atoms with Gasteiger partial charge in [-0.15, -0.1) is 0 Å². The van der Waals surface area contributed by atoms with Crippen molar-refractivity contribution in [2.24, 2.45) is 0 Å². The highest BCUT2D eigenvalue weighted by molar-refractivity contribution is 5.84. The van der Waals surface area contributed by atoms with Gasteiger partial charge < -0.3 is 5.11 Å². The fourth-order valence-electron chi connectivity index (χ4n) is 0.446. The average Bonchev–Trinajstić information content (AvgIpc) is 2.14. The Kier molecular flexibility index (Phi) is 10.2. The molecule has 0 aromatic carbocycles. The molecule has 78 valence electrons. The molecule has 0 fully saturated rings. The van der Waals surface area contributed by atoms with Crippen LogP contribution in [0.4, 0.5) is 0 Å². The van der Waals surface area contributed by atoms with Crippen molar-refractivity contribution < 1.29 is 9.90 Å². The van der Waals surface area contributed by atoms with E-state index in [9.17, 15) is 4.79 Å². The summed E-state index contributed by atoms with van der Waals surface area (Å²) >= 11 is 0. The molecule has 0 aromatic rings. The summed E-state index contributed by atoms with van der Waals surface area (Å²) in [4.78, 5) is 9.60.